The molecule has 0 aromatic rings. The van der Waals surface area contributed by atoms with Crippen molar-refractivity contribution >= 4 is 0 Å². The predicted molar refractivity (Wildman–Crippen MR) is 94.6 cm³/mol. The van der Waals surface area contributed by atoms with Gasteiger partial charge in [-0.2, -0.15) is 0 Å². The Bertz CT molecular complexity index is 423. The number of ether oxygens (including phenoxy) is 3. The van der Waals surface area contributed by atoms with Crippen LogP contribution in [0.2, 0.25) is 0 Å². The van der Waals surface area contributed by atoms with Gasteiger partial charge in [0.2, 0.25) is 0 Å². The number of fused-ring (bicyclic) bond motifs is 1. The Labute approximate surface area is 147 Å². The summed E-state index contributed by atoms with van der Waals surface area (Å²) in [6.07, 6.45) is 9.28. The van der Waals surface area contributed by atoms with Crippen molar-refractivity contribution in [3.05, 3.63) is 0 Å². The summed E-state index contributed by atoms with van der Waals surface area (Å²) in [5.74, 6) is 5.74. The molecule has 4 atom stereocenters. The second kappa shape index (κ2) is 9.77. The van der Waals surface area contributed by atoms with Gasteiger partial charge in [0, 0.05) is 12.8 Å². The van der Waals surface area contributed by atoms with E-state index in [9.17, 15) is 5.11 Å². The first-order valence-corrected chi connectivity index (χ1v) is 9.64. The van der Waals surface area contributed by atoms with Crippen LogP contribution in [0.25, 0.3) is 0 Å². The van der Waals surface area contributed by atoms with Crippen LogP contribution in [0.4, 0.5) is 0 Å². The molecule has 2 rings (SSSR count). The van der Waals surface area contributed by atoms with Crippen LogP contribution >= 0.6 is 0 Å². The molecule has 4 nitrogen and oxygen atoms in total. The Morgan fingerprint density at radius 1 is 1.04 bits per heavy atom. The van der Waals surface area contributed by atoms with Crippen LogP contribution in [0, 0.1) is 11.8 Å². The van der Waals surface area contributed by atoms with Crippen LogP contribution in [0.3, 0.4) is 0 Å². The quantitative estimate of drug-likeness (QED) is 0.540. The molecule has 0 unspecified atom stereocenters. The van der Waals surface area contributed by atoms with E-state index in [1.807, 2.05) is 13.8 Å². The zero-order chi connectivity index (χ0) is 17.4. The Hall–Kier alpha value is -0.600. The molecular weight excluding hydrogens is 304 g/mol. The molecule has 2 aliphatic rings. The first-order chi connectivity index (χ1) is 11.5. The van der Waals surface area contributed by atoms with E-state index in [2.05, 4.69) is 18.8 Å². The number of unbranched alkanes of at least 4 members (excludes halogenated alkanes) is 7. The van der Waals surface area contributed by atoms with Gasteiger partial charge in [-0.1, -0.05) is 45.4 Å². The molecule has 4 heteroatoms. The van der Waals surface area contributed by atoms with Gasteiger partial charge in [0.1, 0.15) is 18.3 Å². The third kappa shape index (κ3) is 6.04. The fourth-order valence-corrected chi connectivity index (χ4v) is 3.34. The fraction of sp³-hybridized carbons (Fsp3) is 0.900. The normalized spacial score (nSPS) is 31.3. The molecule has 0 spiro atoms. The average Bonchev–Trinajstić information content (AvgIpc) is 2.84. The summed E-state index contributed by atoms with van der Waals surface area (Å²) < 4.78 is 17.2. The molecule has 0 amide bonds. The molecule has 2 aliphatic heterocycles. The molecule has 0 radical (unpaired) electrons. The van der Waals surface area contributed by atoms with E-state index in [4.69, 9.17) is 14.2 Å². The van der Waals surface area contributed by atoms with Crippen LogP contribution in [0.5, 0.6) is 0 Å². The Balaban J connectivity index is 1.60. The van der Waals surface area contributed by atoms with E-state index < -0.39 is 11.9 Å². The molecule has 138 valence electrons. The van der Waals surface area contributed by atoms with Crippen LogP contribution in [0.1, 0.15) is 78.6 Å². The van der Waals surface area contributed by atoms with Gasteiger partial charge in [-0.25, -0.2) is 0 Å². The lowest BCUT2D eigenvalue weighted by molar-refractivity contribution is -0.300. The van der Waals surface area contributed by atoms with Gasteiger partial charge in [-0.05, 0) is 20.3 Å². The van der Waals surface area contributed by atoms with E-state index in [1.54, 1.807) is 0 Å². The van der Waals surface area contributed by atoms with Gasteiger partial charge in [0.15, 0.2) is 5.79 Å². The van der Waals surface area contributed by atoms with Gasteiger partial charge in [0.05, 0.1) is 12.7 Å². The molecule has 0 bridgehead atoms. The van der Waals surface area contributed by atoms with Gasteiger partial charge in [0.25, 0.3) is 0 Å². The van der Waals surface area contributed by atoms with Gasteiger partial charge >= 0.3 is 0 Å². The minimum atomic E-state index is -0.650. The highest BCUT2D eigenvalue weighted by Gasteiger charge is 2.49. The predicted octanol–water partition coefficient (Wildman–Crippen LogP) is 3.80. The van der Waals surface area contributed by atoms with Crippen molar-refractivity contribution in [2.75, 3.05) is 6.61 Å². The molecule has 2 heterocycles. The molecule has 2 fully saturated rings. The summed E-state index contributed by atoms with van der Waals surface area (Å²) in [5.41, 5.74) is 0. The standard InChI is InChI=1S/C20H34O4/c1-4-5-6-7-8-9-10-11-12-13-14-16-18(21)19-17(23-16)15-22-20(2,3)24-19/h16-19,21H,4-11,14-15H2,1-3H3/t16-,17-,18+,19+/m0/s1. The zero-order valence-corrected chi connectivity index (χ0v) is 15.6. The van der Waals surface area contributed by atoms with Gasteiger partial charge in [-0.3, -0.25) is 0 Å². The number of hydrogen-bond donors (Lipinski definition) is 1. The molecule has 1 N–H and O–H groups in total. The van der Waals surface area contributed by atoms with E-state index in [0.29, 0.717) is 13.0 Å². The van der Waals surface area contributed by atoms with Crippen LogP contribution < -0.4 is 0 Å². The maximum absolute atomic E-state index is 10.4. The Morgan fingerprint density at radius 3 is 2.50 bits per heavy atom. The van der Waals surface area contributed by atoms with Crippen molar-refractivity contribution in [1.29, 1.82) is 0 Å². The molecule has 0 aromatic heterocycles. The van der Waals surface area contributed by atoms with Crippen LogP contribution in [-0.2, 0) is 14.2 Å². The largest absolute Gasteiger partial charge is 0.388 e. The third-order valence-corrected chi connectivity index (χ3v) is 4.78. The summed E-state index contributed by atoms with van der Waals surface area (Å²) in [5, 5.41) is 10.4. The lowest BCUT2D eigenvalue weighted by Gasteiger charge is -2.37. The molecule has 0 aliphatic carbocycles. The van der Waals surface area contributed by atoms with Crippen molar-refractivity contribution in [2.45, 2.75) is 109 Å². The summed E-state index contributed by atoms with van der Waals surface area (Å²) in [6, 6.07) is 0. The third-order valence-electron chi connectivity index (χ3n) is 4.78. The molecule has 0 aromatic carbocycles. The van der Waals surface area contributed by atoms with Crippen LogP contribution in [-0.4, -0.2) is 41.9 Å². The fourth-order valence-electron chi connectivity index (χ4n) is 3.34. The first kappa shape index (κ1) is 19.7. The van der Waals surface area contributed by atoms with Gasteiger partial charge in [-0.15, -0.1) is 11.8 Å². The lowest BCUT2D eigenvalue weighted by atomic mass is 10.0. The van der Waals surface area contributed by atoms with E-state index in [-0.39, 0.29) is 18.3 Å². The second-order valence-electron chi connectivity index (χ2n) is 7.43. The summed E-state index contributed by atoms with van der Waals surface area (Å²) in [6.45, 7) is 6.45. The van der Waals surface area contributed by atoms with E-state index in [0.717, 1.165) is 6.42 Å². The molecule has 2 saturated heterocycles. The van der Waals surface area contributed by atoms with E-state index >= 15 is 0 Å². The van der Waals surface area contributed by atoms with Crippen molar-refractivity contribution in [3.8, 4) is 11.8 Å². The second-order valence-corrected chi connectivity index (χ2v) is 7.43. The maximum Gasteiger partial charge on any atom is 0.163 e. The topological polar surface area (TPSA) is 47.9 Å². The summed E-state index contributed by atoms with van der Waals surface area (Å²) in [4.78, 5) is 0. The summed E-state index contributed by atoms with van der Waals surface area (Å²) in [7, 11) is 0. The minimum absolute atomic E-state index is 0.178. The SMILES string of the molecule is CCCCCCCCCC#CC[C@@H]1O[C@H]2COC(C)(C)O[C@H]2[C@@H]1O. The van der Waals surface area contributed by atoms with Crippen LogP contribution in [0.15, 0.2) is 0 Å². The molecular formula is C20H34O4. The van der Waals surface area contributed by atoms with Crippen molar-refractivity contribution in [3.63, 3.8) is 0 Å². The monoisotopic (exact) mass is 338 g/mol. The number of hydrogen-bond acceptors (Lipinski definition) is 4. The van der Waals surface area contributed by atoms with Crippen molar-refractivity contribution in [1.82, 2.24) is 0 Å². The van der Waals surface area contributed by atoms with Crippen molar-refractivity contribution < 1.29 is 19.3 Å². The van der Waals surface area contributed by atoms with Crippen molar-refractivity contribution in [2.24, 2.45) is 0 Å². The number of rotatable bonds is 8. The molecule has 0 saturated carbocycles. The lowest BCUT2D eigenvalue weighted by Crippen LogP contribution is -2.50. The zero-order valence-electron chi connectivity index (χ0n) is 15.6. The minimum Gasteiger partial charge on any atom is -0.388 e. The highest BCUT2D eigenvalue weighted by atomic mass is 16.7. The number of aliphatic hydroxyl groups is 1. The Morgan fingerprint density at radius 2 is 1.75 bits per heavy atom. The number of aliphatic hydroxyl groups excluding tert-OH is 1. The molecule has 24 heavy (non-hydrogen) atoms. The summed E-state index contributed by atoms with van der Waals surface area (Å²) >= 11 is 0. The highest BCUT2D eigenvalue weighted by molar-refractivity contribution is 5.05. The first-order valence-electron chi connectivity index (χ1n) is 9.64. The average molecular weight is 338 g/mol. The van der Waals surface area contributed by atoms with E-state index in [1.165, 1.54) is 44.9 Å². The Kier molecular flexibility index (Phi) is 8.03. The van der Waals surface area contributed by atoms with Gasteiger partial charge < -0.3 is 19.3 Å². The maximum atomic E-state index is 10.4. The highest BCUT2D eigenvalue weighted by Crippen LogP contribution is 2.34. The smallest absolute Gasteiger partial charge is 0.163 e.